The summed E-state index contributed by atoms with van der Waals surface area (Å²) in [5.41, 5.74) is 3.18. The molecule has 1 heteroatoms. The van der Waals surface area contributed by atoms with Gasteiger partial charge < -0.3 is 5.32 Å². The van der Waals surface area contributed by atoms with Crippen LogP contribution in [0.2, 0.25) is 0 Å². The Morgan fingerprint density at radius 2 is 1.73 bits per heavy atom. The molecular formula is C14H21N. The van der Waals surface area contributed by atoms with Gasteiger partial charge in [-0.2, -0.15) is 0 Å². The highest BCUT2D eigenvalue weighted by Crippen LogP contribution is 2.38. The molecule has 2 rings (SSSR count). The smallest absolute Gasteiger partial charge is 0.0432 e. The molecule has 0 amide bonds. The van der Waals surface area contributed by atoms with Crippen molar-refractivity contribution in [2.75, 3.05) is 7.05 Å². The molecule has 0 radical (unpaired) electrons. The highest BCUT2D eigenvalue weighted by molar-refractivity contribution is 5.29. The second kappa shape index (κ2) is 4.36. The second-order valence-corrected chi connectivity index (χ2v) is 4.59. The molecule has 0 saturated heterocycles. The highest BCUT2D eigenvalue weighted by Gasteiger charge is 2.33. The van der Waals surface area contributed by atoms with E-state index in [-0.39, 0.29) is 5.54 Å². The van der Waals surface area contributed by atoms with Gasteiger partial charge in [0.25, 0.3) is 0 Å². The molecule has 1 aliphatic carbocycles. The van der Waals surface area contributed by atoms with E-state index in [4.69, 9.17) is 0 Å². The van der Waals surface area contributed by atoms with Crippen LogP contribution in [0.15, 0.2) is 24.3 Å². The lowest BCUT2D eigenvalue weighted by Crippen LogP contribution is -2.36. The molecule has 1 aromatic carbocycles. The van der Waals surface area contributed by atoms with E-state index in [2.05, 4.69) is 43.6 Å². The molecule has 0 heterocycles. The molecule has 0 unspecified atom stereocenters. The van der Waals surface area contributed by atoms with Crippen molar-refractivity contribution in [3.05, 3.63) is 35.4 Å². The number of nitrogens with one attached hydrogen (secondary N) is 1. The average Bonchev–Trinajstić information content (AvgIpc) is 2.79. The summed E-state index contributed by atoms with van der Waals surface area (Å²) in [4.78, 5) is 0. The van der Waals surface area contributed by atoms with E-state index in [1.165, 1.54) is 36.8 Å². The van der Waals surface area contributed by atoms with Crippen LogP contribution in [-0.2, 0) is 12.0 Å². The molecule has 1 saturated carbocycles. The molecular weight excluding hydrogens is 182 g/mol. The Morgan fingerprint density at radius 1 is 1.13 bits per heavy atom. The molecule has 1 fully saturated rings. The van der Waals surface area contributed by atoms with Crippen LogP contribution in [0, 0.1) is 0 Å². The first-order chi connectivity index (χ1) is 7.30. The molecule has 1 aromatic rings. The predicted octanol–water partition coefficient (Wildman–Crippen LogP) is 3.24. The number of aryl methyl sites for hydroxylation is 1. The third kappa shape index (κ3) is 1.93. The third-order valence-electron chi connectivity index (χ3n) is 3.85. The fourth-order valence-electron chi connectivity index (χ4n) is 2.72. The van der Waals surface area contributed by atoms with Crippen LogP contribution in [0.25, 0.3) is 0 Å². The summed E-state index contributed by atoms with van der Waals surface area (Å²) in [5.74, 6) is 0. The Hall–Kier alpha value is -0.820. The number of hydrogen-bond donors (Lipinski definition) is 1. The van der Waals surface area contributed by atoms with Crippen molar-refractivity contribution in [3.63, 3.8) is 0 Å². The normalized spacial score (nSPS) is 19.3. The summed E-state index contributed by atoms with van der Waals surface area (Å²) in [6, 6.07) is 9.15. The summed E-state index contributed by atoms with van der Waals surface area (Å²) in [6.07, 6.45) is 6.42. The lowest BCUT2D eigenvalue weighted by atomic mass is 9.88. The van der Waals surface area contributed by atoms with E-state index in [1.54, 1.807) is 0 Å². The Labute approximate surface area is 92.9 Å². The second-order valence-electron chi connectivity index (χ2n) is 4.59. The molecule has 0 spiro atoms. The molecule has 1 nitrogen and oxygen atoms in total. The topological polar surface area (TPSA) is 12.0 Å². The molecule has 15 heavy (non-hydrogen) atoms. The van der Waals surface area contributed by atoms with Gasteiger partial charge in [-0.3, -0.25) is 0 Å². The van der Waals surface area contributed by atoms with Crippen molar-refractivity contribution < 1.29 is 0 Å². The SMILES string of the molecule is CCc1ccc(C2(NC)CCCC2)cc1. The van der Waals surface area contributed by atoms with Gasteiger partial charge in [-0.05, 0) is 37.4 Å². The summed E-state index contributed by atoms with van der Waals surface area (Å²) in [6.45, 7) is 2.21. The standard InChI is InChI=1S/C14H21N/c1-3-12-6-8-13(9-7-12)14(15-2)10-4-5-11-14/h6-9,15H,3-5,10-11H2,1-2H3. The zero-order chi connectivity index (χ0) is 10.7. The quantitative estimate of drug-likeness (QED) is 0.795. The Morgan fingerprint density at radius 3 is 2.20 bits per heavy atom. The molecule has 0 bridgehead atoms. The molecule has 1 aliphatic rings. The molecule has 1 N–H and O–H groups in total. The summed E-state index contributed by atoms with van der Waals surface area (Å²) in [5, 5.41) is 3.53. The molecule has 0 aliphatic heterocycles. The first-order valence-electron chi connectivity index (χ1n) is 6.09. The van der Waals surface area contributed by atoms with Gasteiger partial charge in [0.15, 0.2) is 0 Å². The minimum atomic E-state index is 0.270. The summed E-state index contributed by atoms with van der Waals surface area (Å²) < 4.78 is 0. The Bertz CT molecular complexity index is 307. The van der Waals surface area contributed by atoms with Crippen LogP contribution in [0.3, 0.4) is 0 Å². The molecule has 82 valence electrons. The van der Waals surface area contributed by atoms with E-state index in [0.29, 0.717) is 0 Å². The average molecular weight is 203 g/mol. The van der Waals surface area contributed by atoms with Gasteiger partial charge in [-0.1, -0.05) is 44.0 Å². The fraction of sp³-hybridized carbons (Fsp3) is 0.571. The van der Waals surface area contributed by atoms with Crippen molar-refractivity contribution in [1.29, 1.82) is 0 Å². The van der Waals surface area contributed by atoms with E-state index >= 15 is 0 Å². The lowest BCUT2D eigenvalue weighted by molar-refractivity contribution is 0.372. The van der Waals surface area contributed by atoms with Crippen molar-refractivity contribution in [2.24, 2.45) is 0 Å². The maximum Gasteiger partial charge on any atom is 0.0432 e. The maximum atomic E-state index is 3.53. The monoisotopic (exact) mass is 203 g/mol. The van der Waals surface area contributed by atoms with Gasteiger partial charge in [0.1, 0.15) is 0 Å². The molecule has 0 atom stereocenters. The van der Waals surface area contributed by atoms with E-state index < -0.39 is 0 Å². The first-order valence-corrected chi connectivity index (χ1v) is 6.09. The maximum absolute atomic E-state index is 3.53. The number of benzene rings is 1. The lowest BCUT2D eigenvalue weighted by Gasteiger charge is -2.29. The van der Waals surface area contributed by atoms with Crippen LogP contribution >= 0.6 is 0 Å². The summed E-state index contributed by atoms with van der Waals surface area (Å²) >= 11 is 0. The Balaban J connectivity index is 2.26. The fourth-order valence-corrected chi connectivity index (χ4v) is 2.72. The first kappa shape index (κ1) is 10.7. The van der Waals surface area contributed by atoms with E-state index in [1.807, 2.05) is 0 Å². The third-order valence-corrected chi connectivity index (χ3v) is 3.85. The summed E-state index contributed by atoms with van der Waals surface area (Å²) in [7, 11) is 2.10. The van der Waals surface area contributed by atoms with Crippen LogP contribution in [-0.4, -0.2) is 7.05 Å². The molecule has 0 aromatic heterocycles. The van der Waals surface area contributed by atoms with Crippen molar-refractivity contribution in [1.82, 2.24) is 5.32 Å². The van der Waals surface area contributed by atoms with Gasteiger partial charge in [-0.25, -0.2) is 0 Å². The Kier molecular flexibility index (Phi) is 3.11. The zero-order valence-corrected chi connectivity index (χ0v) is 9.84. The number of rotatable bonds is 3. The van der Waals surface area contributed by atoms with Crippen molar-refractivity contribution in [2.45, 2.75) is 44.6 Å². The largest absolute Gasteiger partial charge is 0.310 e. The zero-order valence-electron chi connectivity index (χ0n) is 9.84. The van der Waals surface area contributed by atoms with Gasteiger partial charge in [0.05, 0.1) is 0 Å². The minimum absolute atomic E-state index is 0.270. The van der Waals surface area contributed by atoms with Gasteiger partial charge in [0.2, 0.25) is 0 Å². The van der Waals surface area contributed by atoms with E-state index in [0.717, 1.165) is 6.42 Å². The number of hydrogen-bond acceptors (Lipinski definition) is 1. The van der Waals surface area contributed by atoms with Crippen molar-refractivity contribution in [3.8, 4) is 0 Å². The van der Waals surface area contributed by atoms with Gasteiger partial charge in [-0.15, -0.1) is 0 Å². The van der Waals surface area contributed by atoms with Crippen LogP contribution in [0.4, 0.5) is 0 Å². The minimum Gasteiger partial charge on any atom is -0.310 e. The van der Waals surface area contributed by atoms with Crippen LogP contribution < -0.4 is 5.32 Å². The van der Waals surface area contributed by atoms with Gasteiger partial charge >= 0.3 is 0 Å². The predicted molar refractivity (Wildman–Crippen MR) is 65.0 cm³/mol. The highest BCUT2D eigenvalue weighted by atomic mass is 14.9. The van der Waals surface area contributed by atoms with Crippen LogP contribution in [0.5, 0.6) is 0 Å². The van der Waals surface area contributed by atoms with Crippen LogP contribution in [0.1, 0.15) is 43.7 Å². The van der Waals surface area contributed by atoms with Crippen molar-refractivity contribution >= 4 is 0 Å². The van der Waals surface area contributed by atoms with Gasteiger partial charge in [0, 0.05) is 5.54 Å². The van der Waals surface area contributed by atoms with E-state index in [9.17, 15) is 0 Å².